The van der Waals surface area contributed by atoms with Crippen LogP contribution in [0, 0.1) is 11.7 Å². The Hall–Kier alpha value is -0.973. The lowest BCUT2D eigenvalue weighted by molar-refractivity contribution is 0.0799. The highest BCUT2D eigenvalue weighted by Crippen LogP contribution is 2.31. The van der Waals surface area contributed by atoms with E-state index in [-0.39, 0.29) is 14.5 Å². The number of benzene rings is 1. The molecule has 1 aliphatic rings. The van der Waals surface area contributed by atoms with Crippen molar-refractivity contribution >= 4 is 8.80 Å². The van der Waals surface area contributed by atoms with Gasteiger partial charge in [0.05, 0.1) is 0 Å². The van der Waals surface area contributed by atoms with Crippen LogP contribution >= 0.6 is 0 Å². The SMILES string of the molecule is CCCCCCC[Si]1CCC(CCc2ccc(OCC(F)F)c(F)c2)CC1. The van der Waals surface area contributed by atoms with Crippen LogP contribution in [0.5, 0.6) is 5.75 Å². The van der Waals surface area contributed by atoms with Crippen LogP contribution < -0.4 is 4.74 Å². The van der Waals surface area contributed by atoms with Crippen LogP contribution in [0.15, 0.2) is 18.2 Å². The van der Waals surface area contributed by atoms with Crippen LogP contribution in [0.25, 0.3) is 0 Å². The van der Waals surface area contributed by atoms with Crippen molar-refractivity contribution < 1.29 is 17.9 Å². The van der Waals surface area contributed by atoms with Crippen LogP contribution in [0.3, 0.4) is 0 Å². The fourth-order valence-electron chi connectivity index (χ4n) is 3.94. The Morgan fingerprint density at radius 3 is 2.52 bits per heavy atom. The summed E-state index contributed by atoms with van der Waals surface area (Å²) in [4.78, 5) is 0. The number of alkyl halides is 2. The summed E-state index contributed by atoms with van der Waals surface area (Å²) in [6, 6.07) is 9.10. The number of rotatable bonds is 12. The summed E-state index contributed by atoms with van der Waals surface area (Å²) in [7, 11) is -0.113. The van der Waals surface area contributed by atoms with Gasteiger partial charge in [-0.25, -0.2) is 13.2 Å². The Labute approximate surface area is 164 Å². The van der Waals surface area contributed by atoms with Gasteiger partial charge in [0.25, 0.3) is 6.43 Å². The summed E-state index contributed by atoms with van der Waals surface area (Å²) in [5, 5.41) is 0. The summed E-state index contributed by atoms with van der Waals surface area (Å²) in [5.41, 5.74) is 0.934. The van der Waals surface area contributed by atoms with Crippen molar-refractivity contribution in [2.24, 2.45) is 5.92 Å². The summed E-state index contributed by atoms with van der Waals surface area (Å²) >= 11 is 0. The van der Waals surface area contributed by atoms with E-state index in [1.807, 2.05) is 0 Å². The smallest absolute Gasteiger partial charge is 0.272 e. The highest BCUT2D eigenvalue weighted by atomic mass is 28.3. The fraction of sp³-hybridized carbons (Fsp3) is 0.727. The second kappa shape index (κ2) is 12.5. The zero-order valence-corrected chi connectivity index (χ0v) is 17.6. The molecule has 1 aliphatic heterocycles. The van der Waals surface area contributed by atoms with Crippen LogP contribution in [0.1, 0.15) is 63.9 Å². The molecule has 0 N–H and O–H groups in total. The van der Waals surface area contributed by atoms with Crippen molar-refractivity contribution in [1.29, 1.82) is 0 Å². The zero-order valence-electron chi connectivity index (χ0n) is 16.6. The molecule has 1 aromatic carbocycles. The van der Waals surface area contributed by atoms with Crippen molar-refractivity contribution in [2.75, 3.05) is 6.61 Å². The molecule has 0 aliphatic carbocycles. The highest BCUT2D eigenvalue weighted by Gasteiger charge is 2.22. The molecule has 0 bridgehead atoms. The normalized spacial score (nSPS) is 16.2. The summed E-state index contributed by atoms with van der Waals surface area (Å²) < 4.78 is 43.1. The van der Waals surface area contributed by atoms with E-state index in [2.05, 4.69) is 6.92 Å². The molecule has 0 atom stereocenters. The first-order valence-corrected chi connectivity index (χ1v) is 12.7. The largest absolute Gasteiger partial charge is 0.485 e. The maximum Gasteiger partial charge on any atom is 0.272 e. The molecule has 1 nitrogen and oxygen atoms in total. The van der Waals surface area contributed by atoms with E-state index in [1.54, 1.807) is 6.07 Å². The molecule has 0 amide bonds. The van der Waals surface area contributed by atoms with E-state index in [4.69, 9.17) is 4.74 Å². The maximum absolute atomic E-state index is 13.9. The molecule has 153 valence electrons. The monoisotopic (exact) mass is 399 g/mol. The molecule has 1 fully saturated rings. The van der Waals surface area contributed by atoms with E-state index >= 15 is 0 Å². The third-order valence-corrected chi connectivity index (χ3v) is 8.70. The Morgan fingerprint density at radius 2 is 1.85 bits per heavy atom. The van der Waals surface area contributed by atoms with Gasteiger partial charge in [-0.2, -0.15) is 0 Å². The minimum Gasteiger partial charge on any atom is -0.485 e. The predicted molar refractivity (Wildman–Crippen MR) is 108 cm³/mol. The summed E-state index contributed by atoms with van der Waals surface area (Å²) in [5.74, 6) is 0.143. The van der Waals surface area contributed by atoms with Gasteiger partial charge in [0.15, 0.2) is 11.6 Å². The van der Waals surface area contributed by atoms with Crippen LogP contribution in [0.4, 0.5) is 13.2 Å². The first-order valence-electron chi connectivity index (χ1n) is 10.6. The number of hydrogen-bond acceptors (Lipinski definition) is 1. The van der Waals surface area contributed by atoms with E-state index in [0.717, 1.165) is 24.3 Å². The molecule has 1 heterocycles. The minimum atomic E-state index is -2.59. The van der Waals surface area contributed by atoms with Crippen molar-refractivity contribution in [3.8, 4) is 5.75 Å². The number of ether oxygens (including phenoxy) is 1. The molecule has 5 heteroatoms. The van der Waals surface area contributed by atoms with Crippen LogP contribution in [0.2, 0.25) is 18.1 Å². The van der Waals surface area contributed by atoms with Gasteiger partial charge in [-0.3, -0.25) is 0 Å². The third-order valence-electron chi connectivity index (χ3n) is 5.65. The molecule has 0 spiro atoms. The topological polar surface area (TPSA) is 9.23 Å². The molecule has 2 rings (SSSR count). The standard InChI is InChI=1S/C22H34F3OSi/c1-2-3-4-5-6-13-27-14-11-18(12-15-27)7-8-19-9-10-21(20(23)16-19)26-17-22(24)25/h9-10,16,18,22H,2-8,11-15,17H2,1H3. The summed E-state index contributed by atoms with van der Waals surface area (Å²) in [6.07, 6.45) is 8.97. The lowest BCUT2D eigenvalue weighted by Crippen LogP contribution is -2.21. The van der Waals surface area contributed by atoms with Crippen LogP contribution in [-0.4, -0.2) is 21.8 Å². The Bertz CT molecular complexity index is 530. The minimum absolute atomic E-state index is 0.0807. The number of aryl methyl sites for hydroxylation is 1. The molecule has 0 saturated carbocycles. The second-order valence-electron chi connectivity index (χ2n) is 7.86. The molecule has 1 radical (unpaired) electrons. The van der Waals surface area contributed by atoms with Gasteiger partial charge in [-0.05, 0) is 36.5 Å². The number of unbranched alkanes of at least 4 members (excludes halogenated alkanes) is 4. The van der Waals surface area contributed by atoms with E-state index in [0.29, 0.717) is 0 Å². The maximum atomic E-state index is 13.9. The molecule has 1 aromatic rings. The number of hydrogen-bond donors (Lipinski definition) is 0. The Kier molecular flexibility index (Phi) is 10.3. The van der Waals surface area contributed by atoms with Gasteiger partial charge < -0.3 is 4.74 Å². The Balaban J connectivity index is 1.64. The molecular formula is C22H34F3OSi. The molecular weight excluding hydrogens is 365 g/mol. The summed E-state index contributed by atoms with van der Waals surface area (Å²) in [6.45, 7) is 1.50. The first kappa shape index (κ1) is 22.3. The highest BCUT2D eigenvalue weighted by molar-refractivity contribution is 6.58. The van der Waals surface area contributed by atoms with Gasteiger partial charge in [-0.1, -0.05) is 76.1 Å². The lowest BCUT2D eigenvalue weighted by atomic mass is 9.94. The molecule has 0 aromatic heterocycles. The lowest BCUT2D eigenvalue weighted by Gasteiger charge is -2.27. The van der Waals surface area contributed by atoms with Gasteiger partial charge in [0.1, 0.15) is 6.61 Å². The Morgan fingerprint density at radius 1 is 1.11 bits per heavy atom. The van der Waals surface area contributed by atoms with E-state index in [9.17, 15) is 13.2 Å². The average molecular weight is 400 g/mol. The van der Waals surface area contributed by atoms with Gasteiger partial charge in [0, 0.05) is 8.80 Å². The van der Waals surface area contributed by atoms with Crippen molar-refractivity contribution in [3.63, 3.8) is 0 Å². The van der Waals surface area contributed by atoms with Gasteiger partial charge in [-0.15, -0.1) is 0 Å². The molecule has 27 heavy (non-hydrogen) atoms. The molecule has 1 saturated heterocycles. The zero-order chi connectivity index (χ0) is 19.5. The van der Waals surface area contributed by atoms with Crippen molar-refractivity contribution in [3.05, 3.63) is 29.6 Å². The van der Waals surface area contributed by atoms with E-state index in [1.165, 1.54) is 75.2 Å². The van der Waals surface area contributed by atoms with Crippen LogP contribution in [-0.2, 0) is 6.42 Å². The predicted octanol–water partition coefficient (Wildman–Crippen LogP) is 7.28. The fourth-order valence-corrected chi connectivity index (χ4v) is 7.08. The van der Waals surface area contributed by atoms with E-state index < -0.39 is 18.8 Å². The average Bonchev–Trinajstić information content (AvgIpc) is 2.66. The first-order chi connectivity index (χ1) is 13.1. The van der Waals surface area contributed by atoms with Gasteiger partial charge in [0.2, 0.25) is 0 Å². The molecule has 0 unspecified atom stereocenters. The van der Waals surface area contributed by atoms with Gasteiger partial charge >= 0.3 is 0 Å². The van der Waals surface area contributed by atoms with Crippen molar-refractivity contribution in [1.82, 2.24) is 0 Å². The quantitative estimate of drug-likeness (QED) is 0.265. The second-order valence-corrected chi connectivity index (χ2v) is 10.9. The number of halogens is 3. The third kappa shape index (κ3) is 8.71. The van der Waals surface area contributed by atoms with Crippen molar-refractivity contribution in [2.45, 2.75) is 89.3 Å².